The molecule has 0 saturated carbocycles. The highest BCUT2D eigenvalue weighted by atomic mass is 32.1. The van der Waals surface area contributed by atoms with E-state index in [-0.39, 0.29) is 5.54 Å². The smallest absolute Gasteiger partial charge is 0.137 e. The Kier molecular flexibility index (Phi) is 4.18. The summed E-state index contributed by atoms with van der Waals surface area (Å²) in [5.74, 6) is 1.18. The lowest BCUT2D eigenvalue weighted by Crippen LogP contribution is -2.50. The van der Waals surface area contributed by atoms with Crippen molar-refractivity contribution in [3.05, 3.63) is 23.7 Å². The highest BCUT2D eigenvalue weighted by molar-refractivity contribution is 7.17. The number of nitrogens with zero attached hydrogens (tertiary/aromatic N) is 2. The predicted octanol–water partition coefficient (Wildman–Crippen LogP) is 4.04. The van der Waals surface area contributed by atoms with Crippen LogP contribution in [0.1, 0.15) is 40.0 Å². The molecule has 1 fully saturated rings. The molecule has 1 atom stereocenters. The van der Waals surface area contributed by atoms with Crippen LogP contribution in [0.15, 0.2) is 23.7 Å². The Morgan fingerprint density at radius 1 is 1.33 bits per heavy atom. The van der Waals surface area contributed by atoms with Crippen molar-refractivity contribution >= 4 is 27.2 Å². The first-order valence-electron chi connectivity index (χ1n) is 7.88. The van der Waals surface area contributed by atoms with E-state index in [0.717, 1.165) is 13.1 Å². The summed E-state index contributed by atoms with van der Waals surface area (Å²) in [6, 6.07) is 4.89. The molecular weight excluding hydrogens is 278 g/mol. The summed E-state index contributed by atoms with van der Waals surface area (Å²) in [7, 11) is 0. The number of hydrogen-bond acceptors (Lipinski definition) is 4. The van der Waals surface area contributed by atoms with Gasteiger partial charge in [-0.05, 0) is 57.5 Å². The average Bonchev–Trinajstić information content (AvgIpc) is 2.93. The van der Waals surface area contributed by atoms with E-state index >= 15 is 0 Å². The topological polar surface area (TPSA) is 28.2 Å². The SMILES string of the molecule is CC(C)(C)NCC1CCCCN1c1nccc2sccc12. The third kappa shape index (κ3) is 3.38. The third-order valence-corrected chi connectivity index (χ3v) is 5.01. The van der Waals surface area contributed by atoms with E-state index in [4.69, 9.17) is 4.98 Å². The average molecular weight is 303 g/mol. The molecule has 1 unspecified atom stereocenters. The molecule has 1 aliphatic heterocycles. The van der Waals surface area contributed by atoms with Gasteiger partial charge in [-0.2, -0.15) is 0 Å². The van der Waals surface area contributed by atoms with E-state index in [1.165, 1.54) is 35.2 Å². The molecule has 1 N–H and O–H groups in total. The van der Waals surface area contributed by atoms with Crippen molar-refractivity contribution in [3.63, 3.8) is 0 Å². The van der Waals surface area contributed by atoms with Crippen LogP contribution in [0.25, 0.3) is 10.1 Å². The molecule has 1 saturated heterocycles. The number of hydrogen-bond donors (Lipinski definition) is 1. The van der Waals surface area contributed by atoms with E-state index in [0.29, 0.717) is 6.04 Å². The molecule has 3 heterocycles. The van der Waals surface area contributed by atoms with Crippen LogP contribution in [0.2, 0.25) is 0 Å². The molecule has 21 heavy (non-hydrogen) atoms. The van der Waals surface area contributed by atoms with Crippen LogP contribution in [0, 0.1) is 0 Å². The molecular formula is C17H25N3S. The Morgan fingerprint density at radius 3 is 3.00 bits per heavy atom. The van der Waals surface area contributed by atoms with Crippen molar-refractivity contribution in [2.75, 3.05) is 18.0 Å². The number of aromatic nitrogens is 1. The molecule has 0 radical (unpaired) electrons. The first-order chi connectivity index (χ1) is 10.0. The van der Waals surface area contributed by atoms with Gasteiger partial charge in [0.15, 0.2) is 0 Å². The lowest BCUT2D eigenvalue weighted by Gasteiger charge is -2.38. The first-order valence-corrected chi connectivity index (χ1v) is 8.76. The number of anilines is 1. The van der Waals surface area contributed by atoms with Gasteiger partial charge in [-0.25, -0.2) is 4.98 Å². The lowest BCUT2D eigenvalue weighted by molar-refractivity contribution is 0.366. The number of fused-ring (bicyclic) bond motifs is 1. The zero-order valence-corrected chi connectivity index (χ0v) is 14.0. The van der Waals surface area contributed by atoms with E-state index in [2.05, 4.69) is 48.5 Å². The van der Waals surface area contributed by atoms with Crippen molar-refractivity contribution in [1.29, 1.82) is 0 Å². The summed E-state index contributed by atoms with van der Waals surface area (Å²) >= 11 is 1.80. The van der Waals surface area contributed by atoms with E-state index in [9.17, 15) is 0 Å². The van der Waals surface area contributed by atoms with Crippen LogP contribution in [0.3, 0.4) is 0 Å². The minimum atomic E-state index is 0.172. The van der Waals surface area contributed by atoms with Gasteiger partial charge in [-0.1, -0.05) is 0 Å². The zero-order valence-electron chi connectivity index (χ0n) is 13.2. The Balaban J connectivity index is 1.85. The zero-order chi connectivity index (χ0) is 14.9. The maximum atomic E-state index is 4.70. The van der Waals surface area contributed by atoms with Crippen molar-refractivity contribution in [2.45, 2.75) is 51.6 Å². The summed E-state index contributed by atoms with van der Waals surface area (Å²) in [5.41, 5.74) is 0.172. The molecule has 4 heteroatoms. The minimum Gasteiger partial charge on any atom is -0.352 e. The second kappa shape index (κ2) is 5.93. The van der Waals surface area contributed by atoms with Gasteiger partial charge in [0, 0.05) is 41.0 Å². The number of rotatable bonds is 3. The van der Waals surface area contributed by atoms with E-state index in [1.54, 1.807) is 11.3 Å². The fraction of sp³-hybridized carbons (Fsp3) is 0.588. The Labute approximate surface area is 131 Å². The van der Waals surface area contributed by atoms with Gasteiger partial charge >= 0.3 is 0 Å². The van der Waals surface area contributed by atoms with Crippen molar-refractivity contribution in [1.82, 2.24) is 10.3 Å². The van der Waals surface area contributed by atoms with Gasteiger partial charge in [-0.15, -0.1) is 11.3 Å². The van der Waals surface area contributed by atoms with Crippen LogP contribution in [0.4, 0.5) is 5.82 Å². The normalized spacial score (nSPS) is 20.1. The molecule has 3 nitrogen and oxygen atoms in total. The van der Waals surface area contributed by atoms with Crippen molar-refractivity contribution < 1.29 is 0 Å². The summed E-state index contributed by atoms with van der Waals surface area (Å²) < 4.78 is 1.34. The predicted molar refractivity (Wildman–Crippen MR) is 92.4 cm³/mol. The van der Waals surface area contributed by atoms with Crippen LogP contribution >= 0.6 is 11.3 Å². The number of nitrogens with one attached hydrogen (secondary N) is 1. The van der Waals surface area contributed by atoms with Gasteiger partial charge in [0.1, 0.15) is 5.82 Å². The van der Waals surface area contributed by atoms with E-state index < -0.39 is 0 Å². The first kappa shape index (κ1) is 14.8. The van der Waals surface area contributed by atoms with Crippen LogP contribution in [0.5, 0.6) is 0 Å². The summed E-state index contributed by atoms with van der Waals surface area (Å²) in [5, 5.41) is 7.15. The van der Waals surface area contributed by atoms with Crippen LogP contribution in [-0.2, 0) is 0 Å². The minimum absolute atomic E-state index is 0.172. The molecule has 0 aliphatic carbocycles. The van der Waals surface area contributed by atoms with Crippen LogP contribution in [-0.4, -0.2) is 29.7 Å². The van der Waals surface area contributed by atoms with Crippen LogP contribution < -0.4 is 10.2 Å². The van der Waals surface area contributed by atoms with Gasteiger partial charge in [0.05, 0.1) is 0 Å². The monoisotopic (exact) mass is 303 g/mol. The van der Waals surface area contributed by atoms with Crippen molar-refractivity contribution in [3.8, 4) is 0 Å². The fourth-order valence-electron chi connectivity index (χ4n) is 3.02. The lowest BCUT2D eigenvalue weighted by atomic mass is 10.00. The van der Waals surface area contributed by atoms with Gasteiger partial charge < -0.3 is 10.2 Å². The second-order valence-electron chi connectivity index (χ2n) is 6.94. The summed E-state index contributed by atoms with van der Waals surface area (Å²) in [6.07, 6.45) is 5.81. The molecule has 3 rings (SSSR count). The molecule has 0 bridgehead atoms. The Morgan fingerprint density at radius 2 is 2.19 bits per heavy atom. The Hall–Kier alpha value is -1.13. The quantitative estimate of drug-likeness (QED) is 0.927. The molecule has 0 aromatic carbocycles. The standard InChI is InChI=1S/C17H25N3S/c1-17(2,3)19-12-13-6-4-5-10-20(13)16-14-8-11-21-15(14)7-9-18-16/h7-9,11,13,19H,4-6,10,12H2,1-3H3. The highest BCUT2D eigenvalue weighted by Crippen LogP contribution is 2.32. The molecule has 2 aromatic rings. The highest BCUT2D eigenvalue weighted by Gasteiger charge is 2.26. The second-order valence-corrected chi connectivity index (χ2v) is 7.89. The van der Waals surface area contributed by atoms with E-state index in [1.807, 2.05) is 6.20 Å². The van der Waals surface area contributed by atoms with Crippen molar-refractivity contribution in [2.24, 2.45) is 0 Å². The molecule has 0 spiro atoms. The molecule has 1 aliphatic rings. The van der Waals surface area contributed by atoms with Gasteiger partial charge in [-0.3, -0.25) is 0 Å². The third-order valence-electron chi connectivity index (χ3n) is 4.13. The number of pyridine rings is 1. The van der Waals surface area contributed by atoms with Gasteiger partial charge in [0.25, 0.3) is 0 Å². The maximum absolute atomic E-state index is 4.70. The number of piperidine rings is 1. The Bertz CT molecular complexity index is 599. The summed E-state index contributed by atoms with van der Waals surface area (Å²) in [4.78, 5) is 7.23. The molecule has 0 amide bonds. The maximum Gasteiger partial charge on any atom is 0.137 e. The molecule has 114 valence electrons. The largest absolute Gasteiger partial charge is 0.352 e. The van der Waals surface area contributed by atoms with Gasteiger partial charge in [0.2, 0.25) is 0 Å². The number of thiophene rings is 1. The fourth-order valence-corrected chi connectivity index (χ4v) is 3.80. The molecule has 2 aromatic heterocycles. The summed E-state index contributed by atoms with van der Waals surface area (Å²) in [6.45, 7) is 8.86.